The van der Waals surface area contributed by atoms with Crippen LogP contribution in [0, 0.1) is 13.8 Å². The lowest BCUT2D eigenvalue weighted by Crippen LogP contribution is -1.91. The van der Waals surface area contributed by atoms with E-state index in [-0.39, 0.29) is 0 Å². The molecule has 0 saturated heterocycles. The molecule has 7 aromatic rings. The zero-order valence-corrected chi connectivity index (χ0v) is 18.8. The number of nitrogens with zero attached hydrogens (tertiary/aromatic N) is 1. The summed E-state index contributed by atoms with van der Waals surface area (Å²) in [6.07, 6.45) is 0. The summed E-state index contributed by atoms with van der Waals surface area (Å²) >= 11 is 0. The van der Waals surface area contributed by atoms with Gasteiger partial charge < -0.3 is 4.40 Å². The first kappa shape index (κ1) is 18.5. The highest BCUT2D eigenvalue weighted by molar-refractivity contribution is 6.23. The van der Waals surface area contributed by atoms with Gasteiger partial charge >= 0.3 is 0 Å². The van der Waals surface area contributed by atoms with Crippen molar-refractivity contribution in [1.29, 1.82) is 0 Å². The van der Waals surface area contributed by atoms with E-state index in [1.54, 1.807) is 0 Å². The number of fused-ring (bicyclic) bond motifs is 6. The highest BCUT2D eigenvalue weighted by atomic mass is 14.9. The van der Waals surface area contributed by atoms with Gasteiger partial charge in [0.2, 0.25) is 0 Å². The lowest BCUT2D eigenvalue weighted by atomic mass is 9.91. The van der Waals surface area contributed by atoms with Gasteiger partial charge in [-0.2, -0.15) is 0 Å². The van der Waals surface area contributed by atoms with Crippen LogP contribution in [0.3, 0.4) is 0 Å². The first-order valence-electron chi connectivity index (χ1n) is 11.5. The molecular weight excluding hydrogens is 398 g/mol. The maximum atomic E-state index is 2.44. The first-order chi connectivity index (χ1) is 16.2. The molecule has 0 radical (unpaired) electrons. The number of aromatic nitrogens is 1. The van der Waals surface area contributed by atoms with Crippen LogP contribution in [-0.4, -0.2) is 4.40 Å². The van der Waals surface area contributed by atoms with Crippen molar-refractivity contribution in [2.45, 2.75) is 13.8 Å². The Hall–Kier alpha value is -4.10. The molecule has 0 saturated carbocycles. The van der Waals surface area contributed by atoms with Crippen molar-refractivity contribution in [2.24, 2.45) is 0 Å². The van der Waals surface area contributed by atoms with Crippen molar-refractivity contribution in [1.82, 2.24) is 4.40 Å². The Morgan fingerprint density at radius 3 is 1.88 bits per heavy atom. The van der Waals surface area contributed by atoms with Gasteiger partial charge in [0.1, 0.15) is 0 Å². The van der Waals surface area contributed by atoms with E-state index in [9.17, 15) is 0 Å². The van der Waals surface area contributed by atoms with Crippen molar-refractivity contribution in [3.63, 3.8) is 0 Å². The van der Waals surface area contributed by atoms with Crippen LogP contribution in [0.1, 0.15) is 11.1 Å². The van der Waals surface area contributed by atoms with Crippen LogP contribution in [0.4, 0.5) is 0 Å². The fourth-order valence-corrected chi connectivity index (χ4v) is 5.80. The van der Waals surface area contributed by atoms with Crippen LogP contribution in [0.15, 0.2) is 103 Å². The Kier molecular flexibility index (Phi) is 3.75. The van der Waals surface area contributed by atoms with E-state index in [2.05, 4.69) is 121 Å². The van der Waals surface area contributed by atoms with E-state index in [4.69, 9.17) is 0 Å². The van der Waals surface area contributed by atoms with Gasteiger partial charge in [0.05, 0.1) is 16.6 Å². The molecule has 0 aliphatic rings. The number of benzene rings is 5. The Morgan fingerprint density at radius 1 is 0.455 bits per heavy atom. The number of para-hydroxylation sites is 2. The average molecular weight is 422 g/mol. The van der Waals surface area contributed by atoms with Gasteiger partial charge in [0.15, 0.2) is 0 Å². The van der Waals surface area contributed by atoms with Gasteiger partial charge in [0.25, 0.3) is 0 Å². The quantitative estimate of drug-likeness (QED) is 0.263. The lowest BCUT2D eigenvalue weighted by Gasteiger charge is -2.14. The molecule has 0 spiro atoms. The maximum absolute atomic E-state index is 2.44. The van der Waals surface area contributed by atoms with Crippen molar-refractivity contribution >= 4 is 38.1 Å². The number of hydrogen-bond acceptors (Lipinski definition) is 0. The first-order valence-corrected chi connectivity index (χ1v) is 11.5. The Bertz CT molecular complexity index is 1800. The Labute approximate surface area is 192 Å². The molecule has 33 heavy (non-hydrogen) atoms. The second-order valence-corrected chi connectivity index (χ2v) is 9.14. The minimum absolute atomic E-state index is 1.27. The van der Waals surface area contributed by atoms with Gasteiger partial charge in [-0.05, 0) is 65.4 Å². The smallest absolute Gasteiger partial charge is 0.0620 e. The van der Waals surface area contributed by atoms with Crippen LogP contribution in [0.5, 0.6) is 0 Å². The third-order valence-electron chi connectivity index (χ3n) is 7.15. The molecule has 7 rings (SSSR count). The van der Waals surface area contributed by atoms with E-state index < -0.39 is 0 Å². The molecular formula is C32H23N. The van der Waals surface area contributed by atoms with Gasteiger partial charge in [-0.15, -0.1) is 0 Å². The van der Waals surface area contributed by atoms with E-state index in [1.165, 1.54) is 71.5 Å². The van der Waals surface area contributed by atoms with Crippen LogP contribution in [0.25, 0.3) is 60.3 Å². The SMILES string of the molecule is Cc1cc(-c2ccccc2)cc(C)c1-c1ccc2c(c1)c1cccc3c4ccccc4n2c31. The van der Waals surface area contributed by atoms with E-state index >= 15 is 0 Å². The predicted octanol–water partition coefficient (Wildman–Crippen LogP) is 8.79. The fourth-order valence-electron chi connectivity index (χ4n) is 5.80. The molecule has 0 fully saturated rings. The second-order valence-electron chi connectivity index (χ2n) is 9.14. The molecule has 2 heterocycles. The third kappa shape index (κ3) is 2.54. The summed E-state index contributed by atoms with van der Waals surface area (Å²) in [6.45, 7) is 4.47. The van der Waals surface area contributed by atoms with E-state index in [0.29, 0.717) is 0 Å². The molecule has 156 valence electrons. The van der Waals surface area contributed by atoms with Gasteiger partial charge in [-0.25, -0.2) is 0 Å². The zero-order valence-electron chi connectivity index (χ0n) is 18.8. The monoisotopic (exact) mass is 421 g/mol. The topological polar surface area (TPSA) is 4.41 Å². The molecule has 0 aliphatic carbocycles. The average Bonchev–Trinajstić information content (AvgIpc) is 3.36. The number of rotatable bonds is 2. The molecule has 0 bridgehead atoms. The summed E-state index contributed by atoms with van der Waals surface area (Å²) in [6, 6.07) is 37.7. The second kappa shape index (κ2) is 6.70. The minimum Gasteiger partial charge on any atom is -0.308 e. The molecule has 1 heteroatoms. The highest BCUT2D eigenvalue weighted by Gasteiger charge is 2.18. The predicted molar refractivity (Wildman–Crippen MR) is 141 cm³/mol. The molecule has 0 unspecified atom stereocenters. The van der Waals surface area contributed by atoms with Gasteiger partial charge in [-0.1, -0.05) is 84.9 Å². The largest absolute Gasteiger partial charge is 0.308 e. The molecule has 5 aromatic carbocycles. The Morgan fingerprint density at radius 2 is 1.09 bits per heavy atom. The fraction of sp³-hybridized carbons (Fsp3) is 0.0625. The summed E-state index contributed by atoms with van der Waals surface area (Å²) in [7, 11) is 0. The summed E-state index contributed by atoms with van der Waals surface area (Å²) in [5, 5.41) is 5.31. The van der Waals surface area contributed by atoms with E-state index in [1.807, 2.05) is 0 Å². The third-order valence-corrected chi connectivity index (χ3v) is 7.15. The summed E-state index contributed by atoms with van der Waals surface area (Å²) in [5.74, 6) is 0. The number of aryl methyl sites for hydroxylation is 2. The van der Waals surface area contributed by atoms with Crippen molar-refractivity contribution in [3.05, 3.63) is 114 Å². The van der Waals surface area contributed by atoms with Crippen LogP contribution in [-0.2, 0) is 0 Å². The molecule has 0 N–H and O–H groups in total. The standard InChI is InChI=1S/C32H23N/c1-20-17-24(22-9-4-3-5-10-22)18-21(2)31(20)23-15-16-30-28(19-23)27-13-8-12-26-25-11-6-7-14-29(25)33(30)32(26)27/h3-19H,1-2H3. The molecule has 0 amide bonds. The van der Waals surface area contributed by atoms with Crippen molar-refractivity contribution in [2.75, 3.05) is 0 Å². The van der Waals surface area contributed by atoms with Gasteiger partial charge in [0, 0.05) is 21.5 Å². The zero-order chi connectivity index (χ0) is 22.1. The molecule has 0 aliphatic heterocycles. The Balaban J connectivity index is 1.49. The van der Waals surface area contributed by atoms with Crippen LogP contribution in [0.2, 0.25) is 0 Å². The van der Waals surface area contributed by atoms with Crippen molar-refractivity contribution < 1.29 is 0 Å². The summed E-state index contributed by atoms with van der Waals surface area (Å²) in [5.41, 5.74) is 11.7. The minimum atomic E-state index is 1.27. The molecule has 1 nitrogen and oxygen atoms in total. The normalized spacial score (nSPS) is 11.9. The maximum Gasteiger partial charge on any atom is 0.0620 e. The van der Waals surface area contributed by atoms with E-state index in [0.717, 1.165) is 0 Å². The number of hydrogen-bond donors (Lipinski definition) is 0. The van der Waals surface area contributed by atoms with Crippen LogP contribution >= 0.6 is 0 Å². The lowest BCUT2D eigenvalue weighted by molar-refractivity contribution is 1.36. The van der Waals surface area contributed by atoms with Crippen LogP contribution < -0.4 is 0 Å². The molecule has 2 aromatic heterocycles. The summed E-state index contributed by atoms with van der Waals surface area (Å²) < 4.78 is 2.44. The van der Waals surface area contributed by atoms with Gasteiger partial charge in [-0.3, -0.25) is 0 Å². The van der Waals surface area contributed by atoms with Crippen molar-refractivity contribution in [3.8, 4) is 22.3 Å². The molecule has 0 atom stereocenters. The summed E-state index contributed by atoms with van der Waals surface area (Å²) in [4.78, 5) is 0. The highest BCUT2D eigenvalue weighted by Crippen LogP contribution is 2.41.